The number of rotatable bonds is 7. The van der Waals surface area contributed by atoms with Crippen LogP contribution in [0, 0.1) is 0 Å². The minimum atomic E-state index is 0.378. The van der Waals surface area contributed by atoms with E-state index in [1.807, 2.05) is 0 Å². The molecule has 4 unspecified atom stereocenters. The molecular weight excluding hydrogens is 224 g/mol. The van der Waals surface area contributed by atoms with Crippen LogP contribution in [0.5, 0.6) is 0 Å². The summed E-state index contributed by atoms with van der Waals surface area (Å²) in [6, 6.07) is 1.83. The highest BCUT2D eigenvalue weighted by molar-refractivity contribution is 4.83. The summed E-state index contributed by atoms with van der Waals surface area (Å²) in [5.41, 5.74) is 0. The molecule has 18 heavy (non-hydrogen) atoms. The van der Waals surface area contributed by atoms with Crippen LogP contribution in [-0.4, -0.2) is 48.8 Å². The topological polar surface area (TPSA) is 24.5 Å². The maximum absolute atomic E-state index is 5.76. The van der Waals surface area contributed by atoms with Crippen molar-refractivity contribution in [3.05, 3.63) is 0 Å². The summed E-state index contributed by atoms with van der Waals surface area (Å²) in [6.45, 7) is 14.4. The van der Waals surface area contributed by atoms with Gasteiger partial charge in [0.2, 0.25) is 0 Å². The maximum Gasteiger partial charge on any atom is 0.0674 e. The van der Waals surface area contributed by atoms with Gasteiger partial charge in [-0.2, -0.15) is 0 Å². The largest absolute Gasteiger partial charge is 0.376 e. The molecular formula is C15H32N2O. The molecule has 0 aromatic heterocycles. The third kappa shape index (κ3) is 4.87. The summed E-state index contributed by atoms with van der Waals surface area (Å²) in [5, 5.41) is 3.66. The molecule has 0 aromatic rings. The van der Waals surface area contributed by atoms with Crippen LogP contribution in [0.2, 0.25) is 0 Å². The maximum atomic E-state index is 5.76. The third-order valence-electron chi connectivity index (χ3n) is 4.03. The molecule has 3 heteroatoms. The van der Waals surface area contributed by atoms with E-state index in [2.05, 4.69) is 44.8 Å². The van der Waals surface area contributed by atoms with E-state index in [1.54, 1.807) is 0 Å². The van der Waals surface area contributed by atoms with Crippen LogP contribution in [0.3, 0.4) is 0 Å². The Balaban J connectivity index is 2.39. The number of ether oxygens (including phenoxy) is 1. The van der Waals surface area contributed by atoms with E-state index in [9.17, 15) is 0 Å². The minimum Gasteiger partial charge on any atom is -0.376 e. The average Bonchev–Trinajstić information content (AvgIpc) is 2.36. The number of nitrogens with zero attached hydrogens (tertiary/aromatic N) is 1. The zero-order chi connectivity index (χ0) is 13.5. The van der Waals surface area contributed by atoms with Crippen molar-refractivity contribution < 1.29 is 4.74 Å². The summed E-state index contributed by atoms with van der Waals surface area (Å²) in [7, 11) is 0. The first-order valence-electron chi connectivity index (χ1n) is 7.69. The van der Waals surface area contributed by atoms with Gasteiger partial charge in [-0.3, -0.25) is 4.90 Å². The van der Waals surface area contributed by atoms with Gasteiger partial charge in [0, 0.05) is 31.2 Å². The van der Waals surface area contributed by atoms with Crippen LogP contribution < -0.4 is 5.32 Å². The van der Waals surface area contributed by atoms with Gasteiger partial charge in [-0.05, 0) is 33.6 Å². The lowest BCUT2D eigenvalue weighted by molar-refractivity contribution is -0.0696. The van der Waals surface area contributed by atoms with Gasteiger partial charge in [0.05, 0.1) is 12.7 Å². The standard InChI is InChI=1S/C15H32N2O/c1-6-8-12(3)16-9-13(4)17-10-14(5)18-11-15(17)7-2/h12-16H,6-11H2,1-5H3. The number of morpholine rings is 1. The van der Waals surface area contributed by atoms with Crippen molar-refractivity contribution in [3.63, 3.8) is 0 Å². The summed E-state index contributed by atoms with van der Waals surface area (Å²) in [4.78, 5) is 2.62. The van der Waals surface area contributed by atoms with E-state index in [4.69, 9.17) is 4.74 Å². The zero-order valence-corrected chi connectivity index (χ0v) is 12.9. The van der Waals surface area contributed by atoms with Gasteiger partial charge in [-0.15, -0.1) is 0 Å². The second-order valence-electron chi connectivity index (χ2n) is 5.85. The van der Waals surface area contributed by atoms with Crippen molar-refractivity contribution in [2.75, 3.05) is 19.7 Å². The van der Waals surface area contributed by atoms with Crippen LogP contribution in [0.4, 0.5) is 0 Å². The van der Waals surface area contributed by atoms with Crippen LogP contribution >= 0.6 is 0 Å². The predicted molar refractivity (Wildman–Crippen MR) is 78.0 cm³/mol. The second-order valence-corrected chi connectivity index (χ2v) is 5.85. The van der Waals surface area contributed by atoms with Crippen LogP contribution in [0.15, 0.2) is 0 Å². The molecule has 1 saturated heterocycles. The van der Waals surface area contributed by atoms with Crippen molar-refractivity contribution in [2.45, 2.75) is 78.1 Å². The fourth-order valence-electron chi connectivity index (χ4n) is 2.79. The highest BCUT2D eigenvalue weighted by Gasteiger charge is 2.28. The lowest BCUT2D eigenvalue weighted by atomic mass is 10.1. The summed E-state index contributed by atoms with van der Waals surface area (Å²) >= 11 is 0. The van der Waals surface area contributed by atoms with Gasteiger partial charge in [-0.25, -0.2) is 0 Å². The van der Waals surface area contributed by atoms with Crippen molar-refractivity contribution in [1.29, 1.82) is 0 Å². The molecule has 108 valence electrons. The van der Waals surface area contributed by atoms with Gasteiger partial charge in [0.15, 0.2) is 0 Å². The van der Waals surface area contributed by atoms with Crippen molar-refractivity contribution in [2.24, 2.45) is 0 Å². The Morgan fingerprint density at radius 2 is 2.06 bits per heavy atom. The Hall–Kier alpha value is -0.120. The molecule has 4 atom stereocenters. The molecule has 0 radical (unpaired) electrons. The van der Waals surface area contributed by atoms with E-state index < -0.39 is 0 Å². The Morgan fingerprint density at radius 1 is 1.33 bits per heavy atom. The summed E-state index contributed by atoms with van der Waals surface area (Å²) in [5.74, 6) is 0. The van der Waals surface area contributed by atoms with Gasteiger partial charge in [0.25, 0.3) is 0 Å². The lowest BCUT2D eigenvalue weighted by Crippen LogP contribution is -2.55. The average molecular weight is 256 g/mol. The Bertz CT molecular complexity index is 223. The Kier molecular flexibility index (Phi) is 7.20. The highest BCUT2D eigenvalue weighted by Crippen LogP contribution is 2.17. The fourth-order valence-corrected chi connectivity index (χ4v) is 2.79. The highest BCUT2D eigenvalue weighted by atomic mass is 16.5. The smallest absolute Gasteiger partial charge is 0.0674 e. The first-order chi connectivity index (χ1) is 8.58. The first-order valence-corrected chi connectivity index (χ1v) is 7.69. The number of hydrogen-bond donors (Lipinski definition) is 1. The van der Waals surface area contributed by atoms with Crippen LogP contribution in [-0.2, 0) is 4.74 Å². The minimum absolute atomic E-state index is 0.378. The second kappa shape index (κ2) is 8.13. The summed E-state index contributed by atoms with van der Waals surface area (Å²) in [6.07, 6.45) is 4.09. The zero-order valence-electron chi connectivity index (χ0n) is 12.9. The fraction of sp³-hybridized carbons (Fsp3) is 1.00. The third-order valence-corrected chi connectivity index (χ3v) is 4.03. The predicted octanol–water partition coefficient (Wildman–Crippen LogP) is 2.65. The molecule has 0 aliphatic carbocycles. The summed E-state index contributed by atoms with van der Waals surface area (Å²) < 4.78 is 5.76. The molecule has 1 N–H and O–H groups in total. The monoisotopic (exact) mass is 256 g/mol. The van der Waals surface area contributed by atoms with E-state index in [1.165, 1.54) is 19.3 Å². The molecule has 0 bridgehead atoms. The molecule has 1 rings (SSSR count). The molecule has 1 heterocycles. The van der Waals surface area contributed by atoms with E-state index in [0.717, 1.165) is 19.7 Å². The van der Waals surface area contributed by atoms with Crippen LogP contribution in [0.25, 0.3) is 0 Å². The molecule has 0 amide bonds. The van der Waals surface area contributed by atoms with E-state index in [0.29, 0.717) is 24.2 Å². The molecule has 0 aromatic carbocycles. The van der Waals surface area contributed by atoms with Gasteiger partial charge in [0.1, 0.15) is 0 Å². The Morgan fingerprint density at radius 3 is 2.67 bits per heavy atom. The molecule has 3 nitrogen and oxygen atoms in total. The van der Waals surface area contributed by atoms with Crippen LogP contribution in [0.1, 0.15) is 53.9 Å². The van der Waals surface area contributed by atoms with Gasteiger partial charge < -0.3 is 10.1 Å². The van der Waals surface area contributed by atoms with Crippen molar-refractivity contribution in [1.82, 2.24) is 10.2 Å². The molecule has 0 spiro atoms. The number of nitrogens with one attached hydrogen (secondary N) is 1. The van der Waals surface area contributed by atoms with E-state index in [-0.39, 0.29) is 0 Å². The molecule has 1 aliphatic heterocycles. The first kappa shape index (κ1) is 15.9. The van der Waals surface area contributed by atoms with E-state index >= 15 is 0 Å². The van der Waals surface area contributed by atoms with Gasteiger partial charge in [-0.1, -0.05) is 20.3 Å². The molecule has 1 aliphatic rings. The Labute approximate surface area is 113 Å². The SMILES string of the molecule is CCCC(C)NCC(C)N1CC(C)OCC1CC. The van der Waals surface area contributed by atoms with Gasteiger partial charge >= 0.3 is 0 Å². The molecule has 1 fully saturated rings. The number of hydrogen-bond acceptors (Lipinski definition) is 3. The molecule has 0 saturated carbocycles. The quantitative estimate of drug-likeness (QED) is 0.758. The lowest BCUT2D eigenvalue weighted by Gasteiger charge is -2.42. The van der Waals surface area contributed by atoms with Crippen molar-refractivity contribution in [3.8, 4) is 0 Å². The normalized spacial score (nSPS) is 29.2. The van der Waals surface area contributed by atoms with Crippen molar-refractivity contribution >= 4 is 0 Å².